The van der Waals surface area contributed by atoms with Gasteiger partial charge in [0.25, 0.3) is 0 Å². The quantitative estimate of drug-likeness (QED) is 0.329. The van der Waals surface area contributed by atoms with Crippen molar-refractivity contribution in [3.63, 3.8) is 0 Å². The molecule has 3 rings (SSSR count). The van der Waals surface area contributed by atoms with Crippen molar-refractivity contribution in [3.05, 3.63) is 66.3 Å². The zero-order chi connectivity index (χ0) is 27.9. The summed E-state index contributed by atoms with van der Waals surface area (Å²) in [5, 5.41) is 7.94. The average molecular weight is 545 g/mol. The Balaban J connectivity index is 1.51. The van der Waals surface area contributed by atoms with Gasteiger partial charge in [-0.3, -0.25) is 8.98 Å². The lowest BCUT2D eigenvalue weighted by Crippen LogP contribution is -2.39. The Morgan fingerprint density at radius 1 is 1.13 bits per heavy atom. The highest BCUT2D eigenvalue weighted by molar-refractivity contribution is 7.84. The Morgan fingerprint density at radius 3 is 2.47 bits per heavy atom. The predicted molar refractivity (Wildman–Crippen MR) is 151 cm³/mol. The molecule has 0 bridgehead atoms. The van der Waals surface area contributed by atoms with E-state index >= 15 is 0 Å². The second-order valence-electron chi connectivity index (χ2n) is 11.6. The van der Waals surface area contributed by atoms with Crippen molar-refractivity contribution < 1.29 is 17.4 Å². The van der Waals surface area contributed by atoms with Crippen molar-refractivity contribution in [2.45, 2.75) is 91.3 Å². The molecule has 2 aliphatic carbocycles. The van der Waals surface area contributed by atoms with Crippen molar-refractivity contribution in [2.75, 3.05) is 0 Å². The molecule has 0 aliphatic heterocycles. The van der Waals surface area contributed by atoms with Crippen molar-refractivity contribution in [3.8, 4) is 0 Å². The third kappa shape index (κ3) is 9.06. The summed E-state index contributed by atoms with van der Waals surface area (Å²) in [5.41, 5.74) is 2.25. The maximum atomic E-state index is 12.4. The summed E-state index contributed by atoms with van der Waals surface area (Å²) in [7, 11) is -3.94. The summed E-state index contributed by atoms with van der Waals surface area (Å²) < 4.78 is 29.2. The zero-order valence-corrected chi connectivity index (χ0v) is 24.2. The molecule has 0 aromatic carbocycles. The molecule has 1 aromatic heterocycles. The highest BCUT2D eigenvalue weighted by atomic mass is 32.2. The van der Waals surface area contributed by atoms with Crippen LogP contribution in [0.3, 0.4) is 0 Å². The molecule has 38 heavy (non-hydrogen) atoms. The molecule has 0 spiro atoms. The maximum absolute atomic E-state index is 12.4. The van der Waals surface area contributed by atoms with Gasteiger partial charge < -0.3 is 9.88 Å². The van der Waals surface area contributed by atoms with E-state index in [2.05, 4.69) is 67.0 Å². The van der Waals surface area contributed by atoms with Crippen LogP contribution in [-0.4, -0.2) is 36.0 Å². The first-order valence-corrected chi connectivity index (χ1v) is 15.0. The molecule has 3 N–H and O–H groups in total. The molecule has 2 saturated carbocycles. The SMILES string of the molecule is CC(/C=C/C1C(C)C(n2ccnc2)CCC1(C)C)=C\C=C\C(C)=C\C(=O)NC1CCC(OS(N)(=O)=O)CC1. The van der Waals surface area contributed by atoms with Crippen molar-refractivity contribution in [1.82, 2.24) is 14.9 Å². The first-order chi connectivity index (χ1) is 17.8. The molecular weight excluding hydrogens is 500 g/mol. The van der Waals surface area contributed by atoms with Crippen LogP contribution in [0.2, 0.25) is 0 Å². The molecule has 1 heterocycles. The number of aromatic nitrogens is 2. The molecule has 2 fully saturated rings. The minimum Gasteiger partial charge on any atom is -0.350 e. The summed E-state index contributed by atoms with van der Waals surface area (Å²) >= 11 is 0. The van der Waals surface area contributed by atoms with E-state index in [4.69, 9.17) is 9.32 Å². The molecule has 1 aromatic rings. The van der Waals surface area contributed by atoms with E-state index in [9.17, 15) is 13.2 Å². The van der Waals surface area contributed by atoms with E-state index in [-0.39, 0.29) is 17.4 Å². The fraction of sp³-hybridized carbons (Fsp3) is 0.586. The molecule has 9 heteroatoms. The smallest absolute Gasteiger partial charge is 0.333 e. The fourth-order valence-corrected chi connectivity index (χ4v) is 6.45. The molecule has 3 unspecified atom stereocenters. The third-order valence-corrected chi connectivity index (χ3v) is 8.54. The zero-order valence-electron chi connectivity index (χ0n) is 23.3. The van der Waals surface area contributed by atoms with Crippen LogP contribution in [0.15, 0.2) is 66.3 Å². The van der Waals surface area contributed by atoms with Crippen molar-refractivity contribution in [2.24, 2.45) is 22.4 Å². The third-order valence-electron chi connectivity index (χ3n) is 8.00. The minimum atomic E-state index is -3.94. The first kappa shape index (κ1) is 30.1. The summed E-state index contributed by atoms with van der Waals surface area (Å²) in [6, 6.07) is 0.469. The van der Waals surface area contributed by atoms with Crippen LogP contribution in [-0.2, 0) is 19.3 Å². The Labute approximate surface area is 228 Å². The Kier molecular flexibility index (Phi) is 10.3. The summed E-state index contributed by atoms with van der Waals surface area (Å²) in [5.74, 6) is 0.819. The number of nitrogens with zero attached hydrogens (tertiary/aromatic N) is 2. The number of rotatable bonds is 9. The van der Waals surface area contributed by atoms with Gasteiger partial charge in [-0.25, -0.2) is 10.1 Å². The highest BCUT2D eigenvalue weighted by Crippen LogP contribution is 2.49. The predicted octanol–water partition coefficient (Wildman–Crippen LogP) is 5.15. The van der Waals surface area contributed by atoms with Crippen LogP contribution in [0, 0.1) is 17.3 Å². The van der Waals surface area contributed by atoms with E-state index in [0.717, 1.165) is 11.1 Å². The Morgan fingerprint density at radius 2 is 1.84 bits per heavy atom. The summed E-state index contributed by atoms with van der Waals surface area (Å²) in [4.78, 5) is 16.7. The number of carbonyl (C=O) groups is 1. The minimum absolute atomic E-state index is 0.00272. The van der Waals surface area contributed by atoms with Gasteiger partial charge >= 0.3 is 10.3 Å². The second-order valence-corrected chi connectivity index (χ2v) is 12.8. The Hall–Kier alpha value is -2.49. The normalized spacial score (nSPS) is 29.2. The lowest BCUT2D eigenvalue weighted by atomic mass is 9.62. The van der Waals surface area contributed by atoms with E-state index in [0.29, 0.717) is 43.6 Å². The highest BCUT2D eigenvalue weighted by Gasteiger charge is 2.40. The number of nitrogens with one attached hydrogen (secondary N) is 1. The molecule has 0 radical (unpaired) electrons. The van der Waals surface area contributed by atoms with Gasteiger partial charge in [0.1, 0.15) is 0 Å². The molecule has 0 saturated heterocycles. The molecule has 8 nitrogen and oxygen atoms in total. The lowest BCUT2D eigenvalue weighted by molar-refractivity contribution is -0.117. The molecule has 1 amide bonds. The number of hydrogen-bond acceptors (Lipinski definition) is 5. The van der Waals surface area contributed by atoms with Gasteiger partial charge in [-0.05, 0) is 75.2 Å². The maximum Gasteiger partial charge on any atom is 0.333 e. The Bertz CT molecular complexity index is 1160. The van der Waals surface area contributed by atoms with Crippen LogP contribution in [0.5, 0.6) is 0 Å². The largest absolute Gasteiger partial charge is 0.350 e. The van der Waals surface area contributed by atoms with Gasteiger partial charge in [-0.15, -0.1) is 0 Å². The van der Waals surface area contributed by atoms with Gasteiger partial charge in [0.05, 0.1) is 12.4 Å². The molecule has 2 aliphatic rings. The van der Waals surface area contributed by atoms with Crippen LogP contribution >= 0.6 is 0 Å². The monoisotopic (exact) mass is 544 g/mol. The lowest BCUT2D eigenvalue weighted by Gasteiger charge is -2.46. The van der Waals surface area contributed by atoms with Gasteiger partial charge in [0, 0.05) is 30.6 Å². The summed E-state index contributed by atoms with van der Waals surface area (Å²) in [6.07, 6.45) is 22.3. The number of carbonyl (C=O) groups excluding carboxylic acids is 1. The van der Waals surface area contributed by atoms with Crippen LogP contribution in [0.4, 0.5) is 0 Å². The number of nitrogens with two attached hydrogens (primary N) is 1. The molecule has 3 atom stereocenters. The van der Waals surface area contributed by atoms with Gasteiger partial charge in [0.2, 0.25) is 5.91 Å². The van der Waals surface area contributed by atoms with Crippen molar-refractivity contribution in [1.29, 1.82) is 0 Å². The number of allylic oxidation sites excluding steroid dienone is 7. The van der Waals surface area contributed by atoms with Crippen LogP contribution < -0.4 is 10.5 Å². The second kappa shape index (κ2) is 13.0. The molecule has 210 valence electrons. The number of amides is 1. The number of hydrogen-bond donors (Lipinski definition) is 2. The first-order valence-electron chi connectivity index (χ1n) is 13.5. The molecular formula is C29H44N4O4S. The van der Waals surface area contributed by atoms with Gasteiger partial charge in [-0.1, -0.05) is 56.7 Å². The topological polar surface area (TPSA) is 116 Å². The summed E-state index contributed by atoms with van der Waals surface area (Å²) in [6.45, 7) is 11.1. The van der Waals surface area contributed by atoms with E-state index in [1.165, 1.54) is 12.8 Å². The standard InChI is InChI=1S/C29H44N4O4S/c1-21(9-14-26-23(3)27(15-16-29(26,4)5)33-18-17-31-20-33)7-6-8-22(2)19-28(34)32-24-10-12-25(13-11-24)37-38(30,35)36/h6-9,14,17-20,23-27H,10-13,15-16H2,1-5H3,(H,32,34)(H2,30,35,36)/b8-6+,14-9+,21-7+,22-19+. The van der Waals surface area contributed by atoms with Gasteiger partial charge in [-0.2, -0.15) is 8.42 Å². The van der Waals surface area contributed by atoms with E-state index in [1.807, 2.05) is 31.6 Å². The van der Waals surface area contributed by atoms with E-state index < -0.39 is 16.4 Å². The fourth-order valence-electron chi connectivity index (χ4n) is 5.88. The average Bonchev–Trinajstić information content (AvgIpc) is 3.33. The van der Waals surface area contributed by atoms with Gasteiger partial charge in [0.15, 0.2) is 0 Å². The van der Waals surface area contributed by atoms with E-state index in [1.54, 1.807) is 6.08 Å². The van der Waals surface area contributed by atoms with Crippen LogP contribution in [0.25, 0.3) is 0 Å². The van der Waals surface area contributed by atoms with Crippen LogP contribution in [0.1, 0.15) is 79.2 Å². The van der Waals surface area contributed by atoms with Crippen molar-refractivity contribution >= 4 is 16.2 Å². The number of imidazole rings is 1.